The van der Waals surface area contributed by atoms with Crippen LogP contribution in [0.25, 0.3) is 44.8 Å². The second-order valence-corrected chi connectivity index (χ2v) is 13.2. The fraction of sp³-hybridized carbons (Fsp3) is 0.114. The molecular weight excluding hydrogens is 601 g/mol. The Kier molecular flexibility index (Phi) is 6.28. The standard InChI is InChI=1S/C44H32N4O/c1-3-11-31(12-4-1)43-45-39-28-34(23-25-40(39)49-43)44(33-13-5-2-6-14-33)37-16-8-7-15-35(37)36-24-22-32(27-38(36)44)29-18-20-30(21-19-29)42-46-41-17-9-10-26-48(41)47-42/h2-3,5-28,35,37H,1,4H2. The average Bonchev–Trinajstić information content (AvgIpc) is 3.88. The molecule has 4 aromatic carbocycles. The fourth-order valence-electron chi connectivity index (χ4n) is 8.26. The summed E-state index contributed by atoms with van der Waals surface area (Å²) in [6.07, 6.45) is 19.7. The molecule has 3 heterocycles. The van der Waals surface area contributed by atoms with Crippen molar-refractivity contribution in [1.82, 2.24) is 19.6 Å². The van der Waals surface area contributed by atoms with Crippen LogP contribution in [0.5, 0.6) is 0 Å². The monoisotopic (exact) mass is 632 g/mol. The Balaban J connectivity index is 1.13. The lowest BCUT2D eigenvalue weighted by Gasteiger charge is -2.39. The summed E-state index contributed by atoms with van der Waals surface area (Å²) in [6, 6.07) is 39.3. The van der Waals surface area contributed by atoms with E-state index >= 15 is 0 Å². The number of benzene rings is 4. The molecule has 10 rings (SSSR count). The SMILES string of the molecule is C1=CC2c3ccc(-c4ccc(-c5nc6ccccn6n5)cc4)cc3C(c3ccccc3)(c3ccc4oc(C5=CCCC=C5)nc4c3)C2C=C1. The quantitative estimate of drug-likeness (QED) is 0.190. The van der Waals surface area contributed by atoms with Crippen molar-refractivity contribution < 1.29 is 4.42 Å². The molecule has 49 heavy (non-hydrogen) atoms. The first-order valence-corrected chi connectivity index (χ1v) is 17.0. The van der Waals surface area contributed by atoms with Gasteiger partial charge in [0, 0.05) is 29.2 Å². The summed E-state index contributed by atoms with van der Waals surface area (Å²) in [5, 5.41) is 4.68. The highest BCUT2D eigenvalue weighted by Gasteiger charge is 2.53. The molecule has 3 aromatic heterocycles. The van der Waals surface area contributed by atoms with Gasteiger partial charge in [0.1, 0.15) is 5.52 Å². The Bertz CT molecular complexity index is 2480. The van der Waals surface area contributed by atoms with E-state index in [9.17, 15) is 0 Å². The molecule has 234 valence electrons. The Hall–Kier alpha value is -6.07. The minimum Gasteiger partial charge on any atom is -0.436 e. The number of rotatable bonds is 5. The van der Waals surface area contributed by atoms with Gasteiger partial charge in [-0.3, -0.25) is 0 Å². The van der Waals surface area contributed by atoms with Gasteiger partial charge in [-0.15, -0.1) is 5.10 Å². The number of hydrogen-bond donors (Lipinski definition) is 0. The van der Waals surface area contributed by atoms with E-state index in [4.69, 9.17) is 14.4 Å². The van der Waals surface area contributed by atoms with Crippen LogP contribution in [0, 0.1) is 5.92 Å². The highest BCUT2D eigenvalue weighted by atomic mass is 16.3. The molecule has 3 aliphatic carbocycles. The predicted molar refractivity (Wildman–Crippen MR) is 195 cm³/mol. The van der Waals surface area contributed by atoms with Gasteiger partial charge in [0.05, 0.1) is 5.41 Å². The van der Waals surface area contributed by atoms with E-state index in [2.05, 4.69) is 139 Å². The first-order chi connectivity index (χ1) is 24.3. The van der Waals surface area contributed by atoms with Crippen LogP contribution in [-0.2, 0) is 5.41 Å². The molecule has 3 aliphatic rings. The van der Waals surface area contributed by atoms with Crippen LogP contribution in [0.2, 0.25) is 0 Å². The molecular formula is C44H32N4O. The molecule has 0 aliphatic heterocycles. The van der Waals surface area contributed by atoms with Gasteiger partial charge in [-0.1, -0.05) is 121 Å². The van der Waals surface area contributed by atoms with Gasteiger partial charge in [-0.25, -0.2) is 14.5 Å². The van der Waals surface area contributed by atoms with E-state index < -0.39 is 5.41 Å². The third kappa shape index (κ3) is 4.35. The van der Waals surface area contributed by atoms with Crippen LogP contribution in [0.1, 0.15) is 46.9 Å². The highest BCUT2D eigenvalue weighted by Crippen LogP contribution is 2.60. The lowest BCUT2D eigenvalue weighted by atomic mass is 9.63. The Morgan fingerprint density at radius 2 is 1.55 bits per heavy atom. The van der Waals surface area contributed by atoms with Gasteiger partial charge in [-0.2, -0.15) is 0 Å². The zero-order chi connectivity index (χ0) is 32.4. The fourth-order valence-corrected chi connectivity index (χ4v) is 8.26. The third-order valence-electron chi connectivity index (χ3n) is 10.5. The van der Waals surface area contributed by atoms with Crippen molar-refractivity contribution in [3.05, 3.63) is 186 Å². The second kappa shape index (κ2) is 11.0. The molecule has 0 bridgehead atoms. The zero-order valence-corrected chi connectivity index (χ0v) is 26.8. The number of allylic oxidation sites excluding steroid dienone is 8. The number of pyridine rings is 1. The third-order valence-corrected chi connectivity index (χ3v) is 10.5. The molecule has 0 fully saturated rings. The molecule has 0 amide bonds. The number of aromatic nitrogens is 4. The van der Waals surface area contributed by atoms with Crippen molar-refractivity contribution in [2.45, 2.75) is 24.2 Å². The van der Waals surface area contributed by atoms with Gasteiger partial charge in [0.2, 0.25) is 5.89 Å². The molecule has 3 unspecified atom stereocenters. The molecule has 5 heteroatoms. The lowest BCUT2D eigenvalue weighted by Crippen LogP contribution is -2.35. The van der Waals surface area contributed by atoms with Crippen molar-refractivity contribution in [2.75, 3.05) is 0 Å². The minimum atomic E-state index is -0.434. The number of oxazole rings is 1. The Morgan fingerprint density at radius 3 is 2.41 bits per heavy atom. The van der Waals surface area contributed by atoms with Crippen molar-refractivity contribution in [3.8, 4) is 22.5 Å². The molecule has 0 spiro atoms. The summed E-state index contributed by atoms with van der Waals surface area (Å²) in [5.41, 5.74) is 11.7. The van der Waals surface area contributed by atoms with Crippen molar-refractivity contribution in [2.24, 2.45) is 5.92 Å². The van der Waals surface area contributed by atoms with E-state index in [1.54, 1.807) is 0 Å². The van der Waals surface area contributed by atoms with Crippen molar-refractivity contribution in [1.29, 1.82) is 0 Å². The van der Waals surface area contributed by atoms with E-state index in [1.165, 1.54) is 27.8 Å². The smallest absolute Gasteiger partial charge is 0.226 e. The maximum Gasteiger partial charge on any atom is 0.226 e. The highest BCUT2D eigenvalue weighted by molar-refractivity contribution is 5.81. The topological polar surface area (TPSA) is 56.2 Å². The predicted octanol–water partition coefficient (Wildman–Crippen LogP) is 10.1. The summed E-state index contributed by atoms with van der Waals surface area (Å²) < 4.78 is 8.13. The Labute approximate surface area is 284 Å². The maximum atomic E-state index is 6.31. The summed E-state index contributed by atoms with van der Waals surface area (Å²) in [5.74, 6) is 1.85. The van der Waals surface area contributed by atoms with Crippen molar-refractivity contribution >= 4 is 22.3 Å². The van der Waals surface area contributed by atoms with Gasteiger partial charge < -0.3 is 4.42 Å². The normalized spacial score (nSPS) is 20.9. The molecule has 5 nitrogen and oxygen atoms in total. The molecule has 3 atom stereocenters. The second-order valence-electron chi connectivity index (χ2n) is 13.2. The molecule has 7 aromatic rings. The largest absolute Gasteiger partial charge is 0.436 e. The molecule has 0 N–H and O–H groups in total. The van der Waals surface area contributed by atoms with E-state index in [0.29, 0.717) is 5.89 Å². The van der Waals surface area contributed by atoms with Crippen molar-refractivity contribution in [3.63, 3.8) is 0 Å². The van der Waals surface area contributed by atoms with Crippen LogP contribution in [0.4, 0.5) is 0 Å². The van der Waals surface area contributed by atoms with Crippen LogP contribution >= 0.6 is 0 Å². The number of nitrogens with zero attached hydrogens (tertiary/aromatic N) is 4. The maximum absolute atomic E-state index is 6.31. The van der Waals surface area contributed by atoms with Crippen LogP contribution in [0.15, 0.2) is 162 Å². The molecule has 0 saturated carbocycles. The number of fused-ring (bicyclic) bond motifs is 5. The minimum absolute atomic E-state index is 0.196. The van der Waals surface area contributed by atoms with E-state index in [1.807, 2.05) is 28.9 Å². The van der Waals surface area contributed by atoms with Gasteiger partial charge >= 0.3 is 0 Å². The number of hydrogen-bond acceptors (Lipinski definition) is 4. The van der Waals surface area contributed by atoms with E-state index in [0.717, 1.165) is 52.1 Å². The summed E-state index contributed by atoms with van der Waals surface area (Å²) in [7, 11) is 0. The first kappa shape index (κ1) is 28.0. The van der Waals surface area contributed by atoms with Crippen LogP contribution in [0.3, 0.4) is 0 Å². The lowest BCUT2D eigenvalue weighted by molar-refractivity contribution is 0.457. The Morgan fingerprint density at radius 1 is 0.714 bits per heavy atom. The van der Waals surface area contributed by atoms with E-state index in [-0.39, 0.29) is 11.8 Å². The first-order valence-electron chi connectivity index (χ1n) is 17.0. The van der Waals surface area contributed by atoms with Crippen LogP contribution in [-0.4, -0.2) is 19.6 Å². The summed E-state index contributed by atoms with van der Waals surface area (Å²) >= 11 is 0. The molecule has 0 radical (unpaired) electrons. The summed E-state index contributed by atoms with van der Waals surface area (Å²) in [6.45, 7) is 0. The summed E-state index contributed by atoms with van der Waals surface area (Å²) in [4.78, 5) is 9.77. The zero-order valence-electron chi connectivity index (χ0n) is 26.8. The van der Waals surface area contributed by atoms with Gasteiger partial charge in [0.25, 0.3) is 0 Å². The van der Waals surface area contributed by atoms with Gasteiger partial charge in [-0.05, 0) is 76.6 Å². The average molecular weight is 633 g/mol. The van der Waals surface area contributed by atoms with Gasteiger partial charge in [0.15, 0.2) is 17.1 Å². The van der Waals surface area contributed by atoms with Crippen LogP contribution < -0.4 is 0 Å². The molecule has 0 saturated heterocycles.